The first kappa shape index (κ1) is 23.0. The highest BCUT2D eigenvalue weighted by atomic mass is 35.5. The fraction of sp³-hybridized carbons (Fsp3) is 0.364. The number of ether oxygens (including phenoxy) is 1. The van der Waals surface area contributed by atoms with E-state index in [0.717, 1.165) is 5.56 Å². The van der Waals surface area contributed by atoms with Crippen LogP contribution in [0.25, 0.3) is 0 Å². The van der Waals surface area contributed by atoms with Crippen molar-refractivity contribution in [2.75, 3.05) is 13.2 Å². The van der Waals surface area contributed by atoms with Crippen molar-refractivity contribution in [1.82, 2.24) is 10.2 Å². The molecule has 1 atom stereocenters. The molecular weight excluding hydrogens is 411 g/mol. The van der Waals surface area contributed by atoms with Gasteiger partial charge >= 0.3 is 0 Å². The minimum absolute atomic E-state index is 0.216. The van der Waals surface area contributed by atoms with Crippen LogP contribution in [0.15, 0.2) is 48.5 Å². The van der Waals surface area contributed by atoms with Gasteiger partial charge in [-0.3, -0.25) is 9.59 Å². The van der Waals surface area contributed by atoms with E-state index in [-0.39, 0.29) is 25.0 Å². The molecule has 0 fully saturated rings. The van der Waals surface area contributed by atoms with Crippen molar-refractivity contribution in [2.45, 2.75) is 33.4 Å². The molecule has 0 radical (unpaired) electrons. The second kappa shape index (κ2) is 11.1. The van der Waals surface area contributed by atoms with Crippen LogP contribution in [0.2, 0.25) is 10.0 Å². The first-order chi connectivity index (χ1) is 13.8. The van der Waals surface area contributed by atoms with Gasteiger partial charge in [0.2, 0.25) is 5.91 Å². The Bertz CT molecular complexity index is 842. The summed E-state index contributed by atoms with van der Waals surface area (Å²) in [5.41, 5.74) is 0.826. The average molecular weight is 437 g/mol. The summed E-state index contributed by atoms with van der Waals surface area (Å²) in [6.45, 7) is 6.27. The summed E-state index contributed by atoms with van der Waals surface area (Å²) in [5, 5.41) is 3.87. The Labute approximate surface area is 181 Å². The Morgan fingerprint density at radius 2 is 1.79 bits per heavy atom. The maximum atomic E-state index is 12.9. The number of halogens is 2. The summed E-state index contributed by atoms with van der Waals surface area (Å²) < 4.78 is 5.59. The van der Waals surface area contributed by atoms with Crippen LogP contribution in [0.3, 0.4) is 0 Å². The van der Waals surface area contributed by atoms with Crippen molar-refractivity contribution < 1.29 is 14.3 Å². The lowest BCUT2D eigenvalue weighted by atomic mass is 10.1. The lowest BCUT2D eigenvalue weighted by molar-refractivity contribution is -0.142. The molecule has 0 heterocycles. The molecule has 5 nitrogen and oxygen atoms in total. The summed E-state index contributed by atoms with van der Waals surface area (Å²) in [7, 11) is 0. The number of hydrogen-bond acceptors (Lipinski definition) is 3. The van der Waals surface area contributed by atoms with Gasteiger partial charge in [0, 0.05) is 18.1 Å². The fourth-order valence-corrected chi connectivity index (χ4v) is 3.05. The number of carbonyl (C=O) groups is 2. The van der Waals surface area contributed by atoms with Crippen molar-refractivity contribution in [3.8, 4) is 5.75 Å². The van der Waals surface area contributed by atoms with E-state index in [1.807, 2.05) is 26.0 Å². The number of hydrogen-bond donors (Lipinski definition) is 1. The quantitative estimate of drug-likeness (QED) is 0.626. The van der Waals surface area contributed by atoms with E-state index >= 15 is 0 Å². The molecular formula is C22H26Cl2N2O3. The average Bonchev–Trinajstić information content (AvgIpc) is 2.69. The smallest absolute Gasteiger partial charge is 0.261 e. The summed E-state index contributed by atoms with van der Waals surface area (Å²) in [4.78, 5) is 27.0. The first-order valence-corrected chi connectivity index (χ1v) is 10.2. The number of nitrogens with one attached hydrogen (secondary N) is 1. The molecule has 7 heteroatoms. The standard InChI is InChI=1S/C22H26Cl2N2O3/c1-15(2)12-25-22(28)16(3)26(13-17-7-6-8-18(23)11-17)21(27)14-29-20-10-5-4-9-19(20)24/h4-11,15-16H,12-14H2,1-3H3,(H,25,28). The van der Waals surface area contributed by atoms with E-state index in [1.165, 1.54) is 4.90 Å². The molecule has 0 bridgehead atoms. The lowest BCUT2D eigenvalue weighted by Crippen LogP contribution is -2.49. The second-order valence-corrected chi connectivity index (χ2v) is 8.03. The van der Waals surface area contributed by atoms with E-state index in [4.69, 9.17) is 27.9 Å². The van der Waals surface area contributed by atoms with E-state index in [0.29, 0.717) is 28.3 Å². The molecule has 0 saturated carbocycles. The third-order valence-corrected chi connectivity index (χ3v) is 4.83. The van der Waals surface area contributed by atoms with E-state index in [1.54, 1.807) is 43.3 Å². The molecule has 0 aromatic heterocycles. The van der Waals surface area contributed by atoms with Gasteiger partial charge in [-0.2, -0.15) is 0 Å². The fourth-order valence-electron chi connectivity index (χ4n) is 2.65. The van der Waals surface area contributed by atoms with E-state index in [2.05, 4.69) is 5.32 Å². The minimum atomic E-state index is -0.671. The molecule has 0 aliphatic carbocycles. The number of amides is 2. The van der Waals surface area contributed by atoms with Crippen LogP contribution in [-0.4, -0.2) is 35.9 Å². The Morgan fingerprint density at radius 3 is 2.45 bits per heavy atom. The van der Waals surface area contributed by atoms with Crippen LogP contribution >= 0.6 is 23.2 Å². The van der Waals surface area contributed by atoms with Crippen molar-refractivity contribution in [3.05, 3.63) is 64.1 Å². The van der Waals surface area contributed by atoms with Gasteiger partial charge in [0.25, 0.3) is 5.91 Å². The molecule has 29 heavy (non-hydrogen) atoms. The maximum Gasteiger partial charge on any atom is 0.261 e. The zero-order valence-corrected chi connectivity index (χ0v) is 18.3. The summed E-state index contributed by atoms with van der Waals surface area (Å²) in [5.74, 6) is 0.192. The molecule has 0 spiro atoms. The van der Waals surface area contributed by atoms with Crippen LogP contribution < -0.4 is 10.1 Å². The van der Waals surface area contributed by atoms with Gasteiger partial charge < -0.3 is 15.0 Å². The van der Waals surface area contributed by atoms with Crippen molar-refractivity contribution in [3.63, 3.8) is 0 Å². The zero-order valence-electron chi connectivity index (χ0n) is 16.8. The molecule has 1 unspecified atom stereocenters. The molecule has 0 aliphatic rings. The van der Waals surface area contributed by atoms with Crippen LogP contribution in [0.5, 0.6) is 5.75 Å². The number of rotatable bonds is 9. The Hall–Kier alpha value is -2.24. The van der Waals surface area contributed by atoms with Crippen LogP contribution in [0, 0.1) is 5.92 Å². The van der Waals surface area contributed by atoms with E-state index in [9.17, 15) is 9.59 Å². The Balaban J connectivity index is 2.14. The van der Waals surface area contributed by atoms with Gasteiger partial charge in [0.15, 0.2) is 6.61 Å². The number of carbonyl (C=O) groups excluding carboxylic acids is 2. The first-order valence-electron chi connectivity index (χ1n) is 9.47. The maximum absolute atomic E-state index is 12.9. The largest absolute Gasteiger partial charge is 0.482 e. The van der Waals surface area contributed by atoms with Crippen LogP contribution in [-0.2, 0) is 16.1 Å². The number of benzene rings is 2. The predicted molar refractivity (Wildman–Crippen MR) is 116 cm³/mol. The van der Waals surface area contributed by atoms with Crippen molar-refractivity contribution >= 4 is 35.0 Å². The second-order valence-electron chi connectivity index (χ2n) is 7.19. The van der Waals surface area contributed by atoms with Crippen molar-refractivity contribution in [1.29, 1.82) is 0 Å². The Kier molecular flexibility index (Phi) is 8.80. The molecule has 0 aliphatic heterocycles. The minimum Gasteiger partial charge on any atom is -0.482 e. The topological polar surface area (TPSA) is 58.6 Å². The highest BCUT2D eigenvalue weighted by Crippen LogP contribution is 2.23. The monoisotopic (exact) mass is 436 g/mol. The highest BCUT2D eigenvalue weighted by molar-refractivity contribution is 6.32. The van der Waals surface area contributed by atoms with Gasteiger partial charge in [0.05, 0.1) is 5.02 Å². The van der Waals surface area contributed by atoms with Crippen LogP contribution in [0.4, 0.5) is 0 Å². The SMILES string of the molecule is CC(C)CNC(=O)C(C)N(Cc1cccc(Cl)c1)C(=O)COc1ccccc1Cl. The Morgan fingerprint density at radius 1 is 1.07 bits per heavy atom. The van der Waals surface area contributed by atoms with Crippen molar-refractivity contribution in [2.24, 2.45) is 5.92 Å². The summed E-state index contributed by atoms with van der Waals surface area (Å²) >= 11 is 12.2. The van der Waals surface area contributed by atoms with E-state index < -0.39 is 6.04 Å². The molecule has 156 valence electrons. The normalized spacial score (nSPS) is 11.8. The van der Waals surface area contributed by atoms with Gasteiger partial charge in [-0.05, 0) is 42.7 Å². The van der Waals surface area contributed by atoms with Crippen LogP contribution in [0.1, 0.15) is 26.3 Å². The number of nitrogens with zero attached hydrogens (tertiary/aromatic N) is 1. The highest BCUT2D eigenvalue weighted by Gasteiger charge is 2.26. The van der Waals surface area contributed by atoms with Gasteiger partial charge in [-0.15, -0.1) is 0 Å². The zero-order chi connectivity index (χ0) is 21.4. The number of para-hydroxylation sites is 1. The summed E-state index contributed by atoms with van der Waals surface area (Å²) in [6, 6.07) is 13.5. The molecule has 1 N–H and O–H groups in total. The van der Waals surface area contributed by atoms with Gasteiger partial charge in [-0.1, -0.05) is 61.3 Å². The van der Waals surface area contributed by atoms with Gasteiger partial charge in [-0.25, -0.2) is 0 Å². The molecule has 2 amide bonds. The predicted octanol–water partition coefficient (Wildman–Crippen LogP) is 4.56. The molecule has 0 saturated heterocycles. The van der Waals surface area contributed by atoms with Gasteiger partial charge in [0.1, 0.15) is 11.8 Å². The molecule has 2 rings (SSSR count). The third kappa shape index (κ3) is 7.26. The third-order valence-electron chi connectivity index (χ3n) is 4.28. The molecule has 2 aromatic carbocycles. The summed E-state index contributed by atoms with van der Waals surface area (Å²) in [6.07, 6.45) is 0. The lowest BCUT2D eigenvalue weighted by Gasteiger charge is -2.29. The molecule has 2 aromatic rings.